The van der Waals surface area contributed by atoms with Crippen molar-refractivity contribution in [3.8, 4) is 6.07 Å². The van der Waals surface area contributed by atoms with Gasteiger partial charge in [-0.05, 0) is 53.9 Å². The number of nitrogens with zero attached hydrogens (tertiary/aromatic N) is 1. The van der Waals surface area contributed by atoms with E-state index >= 15 is 0 Å². The Morgan fingerprint density at radius 1 is 0.964 bits per heavy atom. The SMILES string of the molecule is N#Cc1ccc(CSc2ccccc2C(=O)NCCc2ccc(Cl)cc2)cc1. The van der Waals surface area contributed by atoms with Crippen molar-refractivity contribution in [2.45, 2.75) is 17.1 Å². The number of nitrogens with one attached hydrogen (secondary N) is 1. The van der Waals surface area contributed by atoms with E-state index in [4.69, 9.17) is 16.9 Å². The summed E-state index contributed by atoms with van der Waals surface area (Å²) in [6, 6.07) is 24.9. The summed E-state index contributed by atoms with van der Waals surface area (Å²) >= 11 is 7.51. The Morgan fingerprint density at radius 3 is 2.36 bits per heavy atom. The number of carbonyl (C=O) groups is 1. The zero-order valence-electron chi connectivity index (χ0n) is 15.2. The van der Waals surface area contributed by atoms with E-state index in [9.17, 15) is 4.79 Å². The van der Waals surface area contributed by atoms with Crippen molar-refractivity contribution in [3.05, 3.63) is 100 Å². The van der Waals surface area contributed by atoms with Gasteiger partial charge in [0.25, 0.3) is 5.91 Å². The molecule has 0 aliphatic heterocycles. The number of rotatable bonds is 7. The highest BCUT2D eigenvalue weighted by atomic mass is 35.5. The number of thioether (sulfide) groups is 1. The molecule has 0 unspecified atom stereocenters. The van der Waals surface area contributed by atoms with Crippen LogP contribution in [0.15, 0.2) is 77.7 Å². The zero-order valence-corrected chi connectivity index (χ0v) is 16.8. The predicted octanol–water partition coefficient (Wildman–Crippen LogP) is 5.48. The number of amides is 1. The van der Waals surface area contributed by atoms with Crippen LogP contribution in [0.25, 0.3) is 0 Å². The van der Waals surface area contributed by atoms with Gasteiger partial charge in [-0.15, -0.1) is 11.8 Å². The van der Waals surface area contributed by atoms with Gasteiger partial charge >= 0.3 is 0 Å². The van der Waals surface area contributed by atoms with Gasteiger partial charge in [-0.3, -0.25) is 4.79 Å². The lowest BCUT2D eigenvalue weighted by Crippen LogP contribution is -2.26. The molecule has 1 amide bonds. The van der Waals surface area contributed by atoms with Crippen molar-refractivity contribution in [2.75, 3.05) is 6.54 Å². The fraction of sp³-hybridized carbons (Fsp3) is 0.130. The third kappa shape index (κ3) is 5.63. The van der Waals surface area contributed by atoms with E-state index in [-0.39, 0.29) is 5.91 Å². The molecule has 3 aromatic rings. The number of halogens is 1. The van der Waals surface area contributed by atoms with Crippen molar-refractivity contribution >= 4 is 29.3 Å². The van der Waals surface area contributed by atoms with Gasteiger partial charge in [0, 0.05) is 22.2 Å². The fourth-order valence-electron chi connectivity index (χ4n) is 2.68. The Hall–Kier alpha value is -2.74. The quantitative estimate of drug-likeness (QED) is 0.529. The molecule has 0 aliphatic rings. The zero-order chi connectivity index (χ0) is 19.8. The van der Waals surface area contributed by atoms with Crippen molar-refractivity contribution in [1.82, 2.24) is 5.32 Å². The molecule has 0 aromatic heterocycles. The predicted molar refractivity (Wildman–Crippen MR) is 115 cm³/mol. The first-order valence-corrected chi connectivity index (χ1v) is 10.3. The molecule has 0 bridgehead atoms. The molecule has 0 spiro atoms. The number of carbonyl (C=O) groups excluding carboxylic acids is 1. The van der Waals surface area contributed by atoms with Crippen molar-refractivity contribution in [2.24, 2.45) is 0 Å². The molecule has 0 radical (unpaired) electrons. The molecule has 0 saturated carbocycles. The smallest absolute Gasteiger partial charge is 0.252 e. The molecule has 0 saturated heterocycles. The highest BCUT2D eigenvalue weighted by Gasteiger charge is 2.11. The average Bonchev–Trinajstić information content (AvgIpc) is 2.74. The van der Waals surface area contributed by atoms with Crippen LogP contribution in [0.1, 0.15) is 27.0 Å². The van der Waals surface area contributed by atoms with Gasteiger partial charge in [-0.25, -0.2) is 0 Å². The maximum Gasteiger partial charge on any atom is 0.252 e. The van der Waals surface area contributed by atoms with Crippen LogP contribution in [0.4, 0.5) is 0 Å². The highest BCUT2D eigenvalue weighted by Crippen LogP contribution is 2.26. The van der Waals surface area contributed by atoms with Gasteiger partial charge in [-0.2, -0.15) is 5.26 Å². The standard InChI is InChI=1S/C23H19ClN2OS/c24-20-11-9-17(10-12-20)13-14-26-23(27)21-3-1-2-4-22(21)28-16-19-7-5-18(15-25)6-8-19/h1-12H,13-14,16H2,(H,26,27). The van der Waals surface area contributed by atoms with E-state index < -0.39 is 0 Å². The molecule has 28 heavy (non-hydrogen) atoms. The lowest BCUT2D eigenvalue weighted by atomic mass is 10.1. The Bertz CT molecular complexity index is 979. The second-order valence-corrected chi connectivity index (χ2v) is 7.68. The van der Waals surface area contributed by atoms with Gasteiger partial charge in [0.1, 0.15) is 0 Å². The van der Waals surface area contributed by atoms with Crippen LogP contribution in [0.3, 0.4) is 0 Å². The monoisotopic (exact) mass is 406 g/mol. The van der Waals surface area contributed by atoms with Crippen molar-refractivity contribution < 1.29 is 4.79 Å². The summed E-state index contributed by atoms with van der Waals surface area (Å²) in [6.45, 7) is 0.565. The lowest BCUT2D eigenvalue weighted by Gasteiger charge is -2.10. The summed E-state index contributed by atoms with van der Waals surface area (Å²) in [7, 11) is 0. The van der Waals surface area contributed by atoms with Crippen LogP contribution < -0.4 is 5.32 Å². The third-order valence-corrected chi connectivity index (χ3v) is 5.62. The normalized spacial score (nSPS) is 10.3. The van der Waals surface area contributed by atoms with Crippen LogP contribution in [0, 0.1) is 11.3 Å². The van der Waals surface area contributed by atoms with Crippen LogP contribution in [0.2, 0.25) is 5.02 Å². The molecule has 3 aromatic carbocycles. The number of benzene rings is 3. The van der Waals surface area contributed by atoms with Gasteiger partial charge < -0.3 is 5.32 Å². The topological polar surface area (TPSA) is 52.9 Å². The largest absolute Gasteiger partial charge is 0.352 e. The van der Waals surface area contributed by atoms with Crippen LogP contribution >= 0.6 is 23.4 Å². The maximum atomic E-state index is 12.6. The molecule has 3 nitrogen and oxygen atoms in total. The number of nitriles is 1. The molecular formula is C23H19ClN2OS. The maximum absolute atomic E-state index is 12.6. The lowest BCUT2D eigenvalue weighted by molar-refractivity contribution is 0.0951. The molecule has 1 N–H and O–H groups in total. The molecule has 5 heteroatoms. The first-order valence-electron chi connectivity index (χ1n) is 8.89. The Balaban J connectivity index is 1.58. The van der Waals surface area contributed by atoms with Crippen LogP contribution in [-0.2, 0) is 12.2 Å². The minimum atomic E-state index is -0.0723. The van der Waals surface area contributed by atoms with Crippen LogP contribution in [0.5, 0.6) is 0 Å². The molecule has 140 valence electrons. The third-order valence-electron chi connectivity index (χ3n) is 4.22. The molecule has 0 aliphatic carbocycles. The second-order valence-electron chi connectivity index (χ2n) is 6.23. The summed E-state index contributed by atoms with van der Waals surface area (Å²) in [6.07, 6.45) is 0.753. The summed E-state index contributed by atoms with van der Waals surface area (Å²) in [5, 5.41) is 12.6. The molecule has 0 atom stereocenters. The number of hydrogen-bond donors (Lipinski definition) is 1. The van der Waals surface area contributed by atoms with Gasteiger partial charge in [0.2, 0.25) is 0 Å². The number of hydrogen-bond acceptors (Lipinski definition) is 3. The minimum absolute atomic E-state index is 0.0723. The first kappa shape index (κ1) is 20.0. The minimum Gasteiger partial charge on any atom is -0.352 e. The van der Waals surface area contributed by atoms with Gasteiger partial charge in [0.05, 0.1) is 17.2 Å². The van der Waals surface area contributed by atoms with E-state index in [0.717, 1.165) is 28.2 Å². The van der Waals surface area contributed by atoms with Crippen molar-refractivity contribution in [3.63, 3.8) is 0 Å². The van der Waals surface area contributed by atoms with Gasteiger partial charge in [-0.1, -0.05) is 48.0 Å². The molecular weight excluding hydrogens is 388 g/mol. The van der Waals surface area contributed by atoms with Gasteiger partial charge in [0.15, 0.2) is 0 Å². The van der Waals surface area contributed by atoms with E-state index in [2.05, 4.69) is 11.4 Å². The molecule has 0 fully saturated rings. The first-order chi connectivity index (χ1) is 13.7. The summed E-state index contributed by atoms with van der Waals surface area (Å²) < 4.78 is 0. The van der Waals surface area contributed by atoms with E-state index in [1.54, 1.807) is 11.8 Å². The summed E-state index contributed by atoms with van der Waals surface area (Å²) in [5.74, 6) is 0.665. The summed E-state index contributed by atoms with van der Waals surface area (Å²) in [5.41, 5.74) is 3.57. The molecule has 3 rings (SSSR count). The van der Waals surface area contributed by atoms with E-state index in [1.165, 1.54) is 0 Å². The van der Waals surface area contributed by atoms with Crippen LogP contribution in [-0.4, -0.2) is 12.5 Å². The Kier molecular flexibility index (Phi) is 7.13. The summed E-state index contributed by atoms with van der Waals surface area (Å²) in [4.78, 5) is 13.6. The second kappa shape index (κ2) is 9.98. The van der Waals surface area contributed by atoms with E-state index in [1.807, 2.05) is 72.8 Å². The Labute approximate surface area is 174 Å². The molecule has 0 heterocycles. The fourth-order valence-corrected chi connectivity index (χ4v) is 3.81. The highest BCUT2D eigenvalue weighted by molar-refractivity contribution is 7.98. The van der Waals surface area contributed by atoms with Crippen molar-refractivity contribution in [1.29, 1.82) is 5.26 Å². The Morgan fingerprint density at radius 2 is 1.64 bits per heavy atom. The van der Waals surface area contributed by atoms with E-state index in [0.29, 0.717) is 22.7 Å². The average molecular weight is 407 g/mol.